The predicted molar refractivity (Wildman–Crippen MR) is 126 cm³/mol. The summed E-state index contributed by atoms with van der Waals surface area (Å²) in [5.74, 6) is 2.70. The first-order chi connectivity index (χ1) is 15.1. The highest BCUT2D eigenvalue weighted by Gasteiger charge is 2.17. The van der Waals surface area contributed by atoms with Crippen LogP contribution in [0.3, 0.4) is 0 Å². The molecule has 0 saturated heterocycles. The van der Waals surface area contributed by atoms with Crippen LogP contribution in [-0.2, 0) is 13.2 Å². The summed E-state index contributed by atoms with van der Waals surface area (Å²) < 4.78 is 23.8. The number of anilines is 1. The van der Waals surface area contributed by atoms with Gasteiger partial charge in [0, 0.05) is 43.9 Å². The Morgan fingerprint density at radius 3 is 2.45 bits per heavy atom. The van der Waals surface area contributed by atoms with E-state index in [2.05, 4.69) is 21.2 Å². The van der Waals surface area contributed by atoms with Crippen molar-refractivity contribution in [2.24, 2.45) is 0 Å². The quantitative estimate of drug-likeness (QED) is 0.371. The van der Waals surface area contributed by atoms with Crippen LogP contribution in [0, 0.1) is 0 Å². The molecule has 1 aliphatic rings. The third kappa shape index (κ3) is 4.97. The fourth-order valence-corrected chi connectivity index (χ4v) is 4.18. The average Bonchev–Trinajstić information content (AvgIpc) is 2.78. The number of rotatable bonds is 7. The summed E-state index contributed by atoms with van der Waals surface area (Å²) in [6.45, 7) is 1.80. The van der Waals surface area contributed by atoms with Crippen LogP contribution in [0.15, 0.2) is 53.0 Å². The van der Waals surface area contributed by atoms with Crippen LogP contribution in [0.1, 0.15) is 11.1 Å². The monoisotopic (exact) mass is 523 g/mol. The number of nitrogens with one attached hydrogen (secondary N) is 1. The van der Waals surface area contributed by atoms with Gasteiger partial charge in [0.15, 0.2) is 23.0 Å². The van der Waals surface area contributed by atoms with Gasteiger partial charge in [-0.05, 0) is 36.4 Å². The second-order valence-corrected chi connectivity index (χ2v) is 8.43. The summed E-state index contributed by atoms with van der Waals surface area (Å²) >= 11 is 16.2. The first-order valence-corrected chi connectivity index (χ1v) is 11.2. The van der Waals surface area contributed by atoms with Gasteiger partial charge in [0.1, 0.15) is 19.8 Å². The summed E-state index contributed by atoms with van der Waals surface area (Å²) in [5, 5.41) is 4.52. The summed E-state index contributed by atoms with van der Waals surface area (Å²) in [6.07, 6.45) is 0. The molecule has 0 aliphatic carbocycles. The highest BCUT2D eigenvalue weighted by atomic mass is 79.9. The third-order valence-electron chi connectivity index (χ3n) is 4.82. The smallest absolute Gasteiger partial charge is 0.167 e. The van der Waals surface area contributed by atoms with Crippen molar-refractivity contribution in [3.63, 3.8) is 0 Å². The van der Waals surface area contributed by atoms with E-state index in [4.69, 9.17) is 42.1 Å². The lowest BCUT2D eigenvalue weighted by atomic mass is 10.1. The molecule has 0 fully saturated rings. The minimum absolute atomic E-state index is 0.211. The van der Waals surface area contributed by atoms with E-state index in [1.54, 1.807) is 25.3 Å². The molecule has 0 atom stereocenters. The Bertz CT molecular complexity index is 1070. The lowest BCUT2D eigenvalue weighted by molar-refractivity contribution is 0.171. The van der Waals surface area contributed by atoms with Crippen LogP contribution in [-0.4, -0.2) is 20.3 Å². The number of methoxy groups -OCH3 is 1. The molecule has 5 nitrogen and oxygen atoms in total. The van der Waals surface area contributed by atoms with E-state index in [1.807, 2.05) is 30.3 Å². The molecular formula is C23H20BrCl2NO4. The maximum absolute atomic E-state index is 6.30. The largest absolute Gasteiger partial charge is 0.493 e. The maximum Gasteiger partial charge on any atom is 0.167 e. The molecule has 0 radical (unpaired) electrons. The molecule has 8 heteroatoms. The normalized spacial score (nSPS) is 12.4. The van der Waals surface area contributed by atoms with Crippen LogP contribution < -0.4 is 24.3 Å². The zero-order valence-electron chi connectivity index (χ0n) is 16.7. The van der Waals surface area contributed by atoms with Gasteiger partial charge in [-0.1, -0.05) is 45.2 Å². The van der Waals surface area contributed by atoms with Gasteiger partial charge >= 0.3 is 0 Å². The van der Waals surface area contributed by atoms with Crippen molar-refractivity contribution < 1.29 is 18.9 Å². The van der Waals surface area contributed by atoms with Crippen molar-refractivity contribution in [2.45, 2.75) is 13.2 Å². The fraction of sp³-hybridized carbons (Fsp3) is 0.217. The molecule has 1 N–H and O–H groups in total. The molecule has 0 bridgehead atoms. The molecule has 0 spiro atoms. The average molecular weight is 525 g/mol. The van der Waals surface area contributed by atoms with E-state index in [0.29, 0.717) is 41.3 Å². The Morgan fingerprint density at radius 2 is 1.71 bits per heavy atom. The molecule has 3 aromatic carbocycles. The standard InChI is InChI=1S/C23H20BrCl2NO4/c1-28-21-8-6-17(24)15(23(21)31-13-16-18(25)3-2-4-19(16)26)12-27-14-5-7-20-22(11-14)30-10-9-29-20/h2-8,11,27H,9-10,12-13H2,1H3. The lowest BCUT2D eigenvalue weighted by Crippen LogP contribution is -2.15. The Balaban J connectivity index is 1.57. The van der Waals surface area contributed by atoms with Crippen molar-refractivity contribution >= 4 is 44.8 Å². The summed E-state index contributed by atoms with van der Waals surface area (Å²) in [6, 6.07) is 14.9. The van der Waals surface area contributed by atoms with E-state index in [-0.39, 0.29) is 6.61 Å². The number of halogens is 3. The van der Waals surface area contributed by atoms with Gasteiger partial charge in [-0.25, -0.2) is 0 Å². The number of ether oxygens (including phenoxy) is 4. The molecule has 162 valence electrons. The van der Waals surface area contributed by atoms with Gasteiger partial charge in [-0.3, -0.25) is 0 Å². The lowest BCUT2D eigenvalue weighted by Gasteiger charge is -2.20. The van der Waals surface area contributed by atoms with Gasteiger partial charge < -0.3 is 24.3 Å². The second-order valence-electron chi connectivity index (χ2n) is 6.76. The van der Waals surface area contributed by atoms with Gasteiger partial charge in [0.05, 0.1) is 7.11 Å². The topological polar surface area (TPSA) is 49.0 Å². The molecular weight excluding hydrogens is 505 g/mol. The Hall–Kier alpha value is -2.28. The third-order valence-corrected chi connectivity index (χ3v) is 6.27. The van der Waals surface area contributed by atoms with Crippen LogP contribution in [0.25, 0.3) is 0 Å². The van der Waals surface area contributed by atoms with Crippen LogP contribution in [0.4, 0.5) is 5.69 Å². The summed E-state index contributed by atoms with van der Waals surface area (Å²) in [4.78, 5) is 0. The minimum atomic E-state index is 0.211. The number of fused-ring (bicyclic) bond motifs is 1. The van der Waals surface area contributed by atoms with Crippen molar-refractivity contribution in [2.75, 3.05) is 25.6 Å². The van der Waals surface area contributed by atoms with E-state index in [9.17, 15) is 0 Å². The summed E-state index contributed by atoms with van der Waals surface area (Å²) in [5.41, 5.74) is 2.52. The molecule has 1 heterocycles. The van der Waals surface area contributed by atoms with Gasteiger partial charge in [-0.2, -0.15) is 0 Å². The predicted octanol–water partition coefficient (Wildman–Crippen LogP) is 6.73. The Morgan fingerprint density at radius 1 is 0.968 bits per heavy atom. The Labute approximate surface area is 199 Å². The first kappa shape index (κ1) is 21.9. The fourth-order valence-electron chi connectivity index (χ4n) is 3.22. The SMILES string of the molecule is COc1ccc(Br)c(CNc2ccc3c(c2)OCCO3)c1OCc1c(Cl)cccc1Cl. The van der Waals surface area contributed by atoms with Crippen molar-refractivity contribution in [3.8, 4) is 23.0 Å². The number of hydrogen-bond donors (Lipinski definition) is 1. The van der Waals surface area contributed by atoms with Crippen molar-refractivity contribution in [1.29, 1.82) is 0 Å². The second kappa shape index (κ2) is 9.90. The first-order valence-electron chi connectivity index (χ1n) is 9.61. The van der Waals surface area contributed by atoms with E-state index in [0.717, 1.165) is 32.8 Å². The van der Waals surface area contributed by atoms with Gasteiger partial charge in [-0.15, -0.1) is 0 Å². The maximum atomic E-state index is 6.30. The molecule has 0 unspecified atom stereocenters. The van der Waals surface area contributed by atoms with Gasteiger partial charge in [0.25, 0.3) is 0 Å². The zero-order chi connectivity index (χ0) is 21.8. The molecule has 0 saturated carbocycles. The molecule has 0 amide bonds. The molecule has 1 aliphatic heterocycles. The Kier molecular flexibility index (Phi) is 7.00. The van der Waals surface area contributed by atoms with Crippen molar-refractivity contribution in [1.82, 2.24) is 0 Å². The minimum Gasteiger partial charge on any atom is -0.493 e. The number of benzene rings is 3. The highest BCUT2D eigenvalue weighted by molar-refractivity contribution is 9.10. The zero-order valence-corrected chi connectivity index (χ0v) is 19.8. The van der Waals surface area contributed by atoms with E-state index < -0.39 is 0 Å². The molecule has 0 aromatic heterocycles. The van der Waals surface area contributed by atoms with E-state index in [1.165, 1.54) is 0 Å². The van der Waals surface area contributed by atoms with E-state index >= 15 is 0 Å². The summed E-state index contributed by atoms with van der Waals surface area (Å²) in [7, 11) is 1.61. The molecule has 3 aromatic rings. The van der Waals surface area contributed by atoms with Crippen LogP contribution in [0.2, 0.25) is 10.0 Å². The van der Waals surface area contributed by atoms with Gasteiger partial charge in [0.2, 0.25) is 0 Å². The van der Waals surface area contributed by atoms with Crippen LogP contribution in [0.5, 0.6) is 23.0 Å². The molecule has 31 heavy (non-hydrogen) atoms. The van der Waals surface area contributed by atoms with Crippen LogP contribution >= 0.6 is 39.1 Å². The highest BCUT2D eigenvalue weighted by Crippen LogP contribution is 2.39. The molecule has 4 rings (SSSR count). The number of hydrogen-bond acceptors (Lipinski definition) is 5. The van der Waals surface area contributed by atoms with Crippen molar-refractivity contribution in [3.05, 3.63) is 74.2 Å².